The maximum atomic E-state index is 13.7. The average molecular weight is 369 g/mol. The summed E-state index contributed by atoms with van der Waals surface area (Å²) < 4.78 is 0. The Labute approximate surface area is 165 Å². The van der Waals surface area contributed by atoms with Crippen molar-refractivity contribution in [3.05, 3.63) is 35.9 Å². The summed E-state index contributed by atoms with van der Waals surface area (Å²) in [4.78, 5) is 16.0. The van der Waals surface area contributed by atoms with Crippen LogP contribution in [0.4, 0.5) is 0 Å². The summed E-state index contributed by atoms with van der Waals surface area (Å²) in [6, 6.07) is 11.5. The highest BCUT2D eigenvalue weighted by molar-refractivity contribution is 5.83. The van der Waals surface area contributed by atoms with Crippen LogP contribution in [0.25, 0.3) is 0 Å². The molecule has 5 fully saturated rings. The molecule has 1 aromatic carbocycles. The van der Waals surface area contributed by atoms with Crippen LogP contribution in [0, 0.1) is 17.3 Å². The van der Waals surface area contributed by atoms with Gasteiger partial charge in [-0.1, -0.05) is 30.3 Å². The van der Waals surface area contributed by atoms with E-state index in [0.29, 0.717) is 11.9 Å². The SMILES string of the molecule is CN1CCC[C@@H](NC(=O)C23CCC4CC(C2)CC(c2ccccc2)(C4)C3)C1.[HH]. The third-order valence-corrected chi connectivity index (χ3v) is 8.24. The molecule has 1 saturated heterocycles. The van der Waals surface area contributed by atoms with Crippen LogP contribution >= 0.6 is 0 Å². The molecular formula is C24H36N2O. The molecule has 4 aliphatic carbocycles. The Hall–Kier alpha value is -1.35. The van der Waals surface area contributed by atoms with Crippen molar-refractivity contribution in [3.63, 3.8) is 0 Å². The van der Waals surface area contributed by atoms with Crippen LogP contribution in [0.15, 0.2) is 30.3 Å². The third-order valence-electron chi connectivity index (χ3n) is 8.24. The van der Waals surface area contributed by atoms with Crippen molar-refractivity contribution >= 4 is 5.91 Å². The lowest BCUT2D eigenvalue weighted by atomic mass is 9.52. The largest absolute Gasteiger partial charge is 0.352 e. The van der Waals surface area contributed by atoms with E-state index in [1.165, 1.54) is 44.2 Å². The highest BCUT2D eigenvalue weighted by atomic mass is 16.2. The van der Waals surface area contributed by atoms with Gasteiger partial charge in [-0.2, -0.15) is 0 Å². The number of amides is 1. The van der Waals surface area contributed by atoms with Crippen LogP contribution < -0.4 is 5.32 Å². The van der Waals surface area contributed by atoms with Crippen molar-refractivity contribution in [1.29, 1.82) is 0 Å². The fourth-order valence-corrected chi connectivity index (χ4v) is 7.33. The lowest BCUT2D eigenvalue weighted by Gasteiger charge is -2.52. The molecule has 148 valence electrons. The molecule has 0 aromatic heterocycles. The molecule has 1 N–H and O–H groups in total. The van der Waals surface area contributed by atoms with Gasteiger partial charge >= 0.3 is 0 Å². The first kappa shape index (κ1) is 17.7. The van der Waals surface area contributed by atoms with Crippen molar-refractivity contribution in [2.24, 2.45) is 17.3 Å². The second kappa shape index (κ2) is 6.62. The minimum absolute atomic E-state index is 0. The summed E-state index contributed by atoms with van der Waals surface area (Å²) in [7, 11) is 2.18. The molecule has 0 spiro atoms. The third kappa shape index (κ3) is 3.12. The smallest absolute Gasteiger partial charge is 0.226 e. The maximum Gasteiger partial charge on any atom is 0.226 e. The Morgan fingerprint density at radius 1 is 1.15 bits per heavy atom. The summed E-state index contributed by atoms with van der Waals surface area (Å²) in [5, 5.41) is 3.52. The molecule has 0 radical (unpaired) electrons. The van der Waals surface area contributed by atoms with Crippen LogP contribution in [-0.4, -0.2) is 37.0 Å². The summed E-state index contributed by atoms with van der Waals surface area (Å²) >= 11 is 0. The first-order valence-corrected chi connectivity index (χ1v) is 11.1. The Balaban J connectivity index is 0.00000192. The van der Waals surface area contributed by atoms with Gasteiger partial charge in [-0.15, -0.1) is 0 Å². The van der Waals surface area contributed by atoms with E-state index in [-0.39, 0.29) is 12.3 Å². The number of nitrogens with one attached hydrogen (secondary N) is 1. The van der Waals surface area contributed by atoms with Crippen LogP contribution in [0.5, 0.6) is 0 Å². The first-order valence-electron chi connectivity index (χ1n) is 11.1. The molecule has 4 bridgehead atoms. The fourth-order valence-electron chi connectivity index (χ4n) is 7.33. The van der Waals surface area contributed by atoms with Gasteiger partial charge in [0.1, 0.15) is 0 Å². The molecule has 3 nitrogen and oxygen atoms in total. The summed E-state index contributed by atoms with van der Waals surface area (Å²) in [5.41, 5.74) is 1.61. The maximum absolute atomic E-state index is 13.7. The predicted octanol–water partition coefficient (Wildman–Crippen LogP) is 4.37. The zero-order valence-corrected chi connectivity index (χ0v) is 16.8. The number of piperidine rings is 1. The van der Waals surface area contributed by atoms with Gasteiger partial charge in [-0.25, -0.2) is 0 Å². The molecule has 3 heteroatoms. The van der Waals surface area contributed by atoms with Crippen LogP contribution in [-0.2, 0) is 10.2 Å². The van der Waals surface area contributed by atoms with Crippen molar-refractivity contribution in [2.45, 2.75) is 69.2 Å². The van der Waals surface area contributed by atoms with E-state index in [1.807, 2.05) is 0 Å². The number of carbonyl (C=O) groups is 1. The summed E-state index contributed by atoms with van der Waals surface area (Å²) in [5.74, 6) is 1.94. The standard InChI is InChI=1S/C24H34N2O.H2/c1-26-11-5-8-21(16-26)25-22(27)23-10-9-18-12-19(14-23)15-24(13-18,17-23)20-6-3-2-4-7-20;/h2-4,6-7,18-19,21H,5,8-17H2,1H3,(H,25,27);1H/t18?,19?,21-,23?,24?;/m1./s1. The Morgan fingerprint density at radius 2 is 1.96 bits per heavy atom. The number of hydrogen-bond acceptors (Lipinski definition) is 2. The number of hydrogen-bond donors (Lipinski definition) is 1. The fraction of sp³-hybridized carbons (Fsp3) is 0.708. The average Bonchev–Trinajstić information content (AvgIpc) is 2.86. The van der Waals surface area contributed by atoms with Crippen molar-refractivity contribution in [2.75, 3.05) is 20.1 Å². The van der Waals surface area contributed by atoms with Crippen LogP contribution in [0.3, 0.4) is 0 Å². The Morgan fingerprint density at radius 3 is 2.78 bits per heavy atom. The number of benzene rings is 1. The zero-order valence-electron chi connectivity index (χ0n) is 16.8. The lowest BCUT2D eigenvalue weighted by molar-refractivity contribution is -0.137. The summed E-state index contributed by atoms with van der Waals surface area (Å²) in [6.45, 7) is 2.18. The number of nitrogens with zero attached hydrogens (tertiary/aromatic N) is 1. The lowest BCUT2D eigenvalue weighted by Crippen LogP contribution is -2.55. The molecule has 1 aliphatic heterocycles. The number of carbonyl (C=O) groups excluding carboxylic acids is 1. The predicted molar refractivity (Wildman–Crippen MR) is 111 cm³/mol. The topological polar surface area (TPSA) is 32.3 Å². The molecular weight excluding hydrogens is 332 g/mol. The zero-order chi connectivity index (χ0) is 18.5. The minimum atomic E-state index is -0.125. The molecule has 4 unspecified atom stereocenters. The number of fused-ring (bicyclic) bond motifs is 1. The van der Waals surface area contributed by atoms with Gasteiger partial charge in [-0.05, 0) is 94.2 Å². The van der Waals surface area contributed by atoms with E-state index in [1.54, 1.807) is 0 Å². The molecule has 1 heterocycles. The monoisotopic (exact) mass is 368 g/mol. The molecule has 1 aromatic rings. The second-order valence-electron chi connectivity index (χ2n) is 10.3. The van der Waals surface area contributed by atoms with E-state index in [2.05, 4.69) is 47.6 Å². The van der Waals surface area contributed by atoms with E-state index < -0.39 is 0 Å². The molecule has 27 heavy (non-hydrogen) atoms. The van der Waals surface area contributed by atoms with Gasteiger partial charge in [0.15, 0.2) is 0 Å². The van der Waals surface area contributed by atoms with Crippen molar-refractivity contribution in [1.82, 2.24) is 10.2 Å². The number of rotatable bonds is 3. The van der Waals surface area contributed by atoms with Crippen LogP contribution in [0.2, 0.25) is 0 Å². The van der Waals surface area contributed by atoms with Crippen molar-refractivity contribution < 1.29 is 6.22 Å². The first-order chi connectivity index (χ1) is 13.1. The molecule has 6 rings (SSSR count). The van der Waals surface area contributed by atoms with Gasteiger partial charge in [-0.3, -0.25) is 4.79 Å². The Bertz CT molecular complexity index is 710. The van der Waals surface area contributed by atoms with Gasteiger partial charge in [0.05, 0.1) is 5.41 Å². The van der Waals surface area contributed by atoms with Gasteiger partial charge in [0.2, 0.25) is 5.91 Å². The van der Waals surface area contributed by atoms with Crippen LogP contribution in [0.1, 0.15) is 64.8 Å². The van der Waals surface area contributed by atoms with Crippen molar-refractivity contribution in [3.8, 4) is 0 Å². The molecule has 5 aliphatic rings. The Kier molecular flexibility index (Phi) is 4.34. The number of likely N-dealkylation sites (tertiary alicyclic amines) is 1. The van der Waals surface area contributed by atoms with E-state index in [0.717, 1.165) is 44.1 Å². The normalized spacial score (nSPS) is 41.3. The van der Waals surface area contributed by atoms with E-state index in [9.17, 15) is 4.79 Å². The highest BCUT2D eigenvalue weighted by Gasteiger charge is 2.58. The minimum Gasteiger partial charge on any atom is -0.352 e. The number of likely N-dealkylation sites (N-methyl/N-ethyl adjacent to an activating group) is 1. The van der Waals surface area contributed by atoms with Gasteiger partial charge < -0.3 is 10.2 Å². The van der Waals surface area contributed by atoms with E-state index >= 15 is 0 Å². The second-order valence-corrected chi connectivity index (χ2v) is 10.3. The molecule has 1 amide bonds. The van der Waals surface area contributed by atoms with E-state index in [4.69, 9.17) is 0 Å². The quantitative estimate of drug-likeness (QED) is 0.859. The molecule has 5 atom stereocenters. The van der Waals surface area contributed by atoms with Gasteiger partial charge in [0.25, 0.3) is 0 Å². The summed E-state index contributed by atoms with van der Waals surface area (Å²) in [6.07, 6.45) is 10.9. The van der Waals surface area contributed by atoms with Gasteiger partial charge in [0, 0.05) is 14.0 Å². The molecule has 4 saturated carbocycles. The highest BCUT2D eigenvalue weighted by Crippen LogP contribution is 2.63.